The molecule has 0 unspecified atom stereocenters. The number of furan rings is 1. The molecule has 2 aromatic heterocycles. The Morgan fingerprint density at radius 3 is 2.77 bits per heavy atom. The van der Waals surface area contributed by atoms with Gasteiger partial charge in [0.1, 0.15) is 11.5 Å². The molecule has 3 aromatic rings. The summed E-state index contributed by atoms with van der Waals surface area (Å²) in [6.45, 7) is 2.27. The Kier molecular flexibility index (Phi) is 3.78. The monoisotopic (exact) mass is 295 g/mol. The lowest BCUT2D eigenvalue weighted by molar-refractivity contribution is 0.0947. The van der Waals surface area contributed by atoms with E-state index in [1.54, 1.807) is 10.9 Å². The highest BCUT2D eigenvalue weighted by molar-refractivity contribution is 5.95. The number of amides is 1. The average Bonchev–Trinajstić information content (AvgIpc) is 3.13. The Hall–Kier alpha value is -2.82. The molecule has 1 N–H and O–H groups in total. The van der Waals surface area contributed by atoms with Gasteiger partial charge in [-0.3, -0.25) is 9.48 Å². The summed E-state index contributed by atoms with van der Waals surface area (Å²) >= 11 is 0. The van der Waals surface area contributed by atoms with Crippen LogP contribution in [0.1, 0.15) is 21.7 Å². The van der Waals surface area contributed by atoms with Crippen molar-refractivity contribution in [1.82, 2.24) is 15.1 Å². The van der Waals surface area contributed by atoms with Gasteiger partial charge in [0.25, 0.3) is 5.91 Å². The van der Waals surface area contributed by atoms with Crippen molar-refractivity contribution in [2.45, 2.75) is 13.5 Å². The third kappa shape index (κ3) is 2.79. The first-order valence-corrected chi connectivity index (χ1v) is 7.06. The predicted molar refractivity (Wildman–Crippen MR) is 83.3 cm³/mol. The first kappa shape index (κ1) is 14.1. The van der Waals surface area contributed by atoms with Crippen LogP contribution in [0.3, 0.4) is 0 Å². The SMILES string of the molecule is Cc1ccccc1C(=O)NCc1ccc(-c2ccnn2C)o1. The molecular weight excluding hydrogens is 278 g/mol. The molecule has 0 aliphatic heterocycles. The molecule has 3 rings (SSSR count). The van der Waals surface area contributed by atoms with Crippen molar-refractivity contribution >= 4 is 5.91 Å². The summed E-state index contributed by atoms with van der Waals surface area (Å²) in [6.07, 6.45) is 1.72. The largest absolute Gasteiger partial charge is 0.458 e. The summed E-state index contributed by atoms with van der Waals surface area (Å²) in [5, 5.41) is 6.99. The number of nitrogens with zero attached hydrogens (tertiary/aromatic N) is 2. The van der Waals surface area contributed by atoms with Crippen LogP contribution >= 0.6 is 0 Å². The molecule has 1 amide bonds. The fourth-order valence-corrected chi connectivity index (χ4v) is 2.32. The van der Waals surface area contributed by atoms with E-state index >= 15 is 0 Å². The van der Waals surface area contributed by atoms with Gasteiger partial charge in [-0.1, -0.05) is 18.2 Å². The Labute approximate surface area is 128 Å². The van der Waals surface area contributed by atoms with E-state index in [4.69, 9.17) is 4.42 Å². The van der Waals surface area contributed by atoms with E-state index in [0.717, 1.165) is 17.0 Å². The molecule has 0 spiro atoms. The van der Waals surface area contributed by atoms with Crippen LogP contribution in [0.4, 0.5) is 0 Å². The molecule has 2 heterocycles. The number of aromatic nitrogens is 2. The topological polar surface area (TPSA) is 60.1 Å². The molecule has 1 aromatic carbocycles. The molecule has 0 aliphatic rings. The van der Waals surface area contributed by atoms with Crippen molar-refractivity contribution in [2.24, 2.45) is 7.05 Å². The number of hydrogen-bond acceptors (Lipinski definition) is 3. The summed E-state index contributed by atoms with van der Waals surface area (Å²) in [4.78, 5) is 12.2. The lowest BCUT2D eigenvalue weighted by Crippen LogP contribution is -2.23. The fraction of sp³-hybridized carbons (Fsp3) is 0.176. The van der Waals surface area contributed by atoms with Gasteiger partial charge in [0.05, 0.1) is 6.54 Å². The summed E-state index contributed by atoms with van der Waals surface area (Å²) in [6, 6.07) is 13.1. The Morgan fingerprint density at radius 2 is 2.05 bits per heavy atom. The lowest BCUT2D eigenvalue weighted by atomic mass is 10.1. The van der Waals surface area contributed by atoms with Crippen LogP contribution in [0.25, 0.3) is 11.5 Å². The van der Waals surface area contributed by atoms with Crippen LogP contribution in [0, 0.1) is 6.92 Å². The quantitative estimate of drug-likeness (QED) is 0.805. The van der Waals surface area contributed by atoms with E-state index in [0.29, 0.717) is 17.9 Å². The second-order valence-corrected chi connectivity index (χ2v) is 5.10. The minimum absolute atomic E-state index is 0.100. The van der Waals surface area contributed by atoms with Gasteiger partial charge in [-0.05, 0) is 36.8 Å². The van der Waals surface area contributed by atoms with Crippen LogP contribution in [-0.2, 0) is 13.6 Å². The second-order valence-electron chi connectivity index (χ2n) is 5.10. The predicted octanol–water partition coefficient (Wildman–Crippen LogP) is 2.92. The normalized spacial score (nSPS) is 10.6. The van der Waals surface area contributed by atoms with Gasteiger partial charge in [0, 0.05) is 18.8 Å². The highest BCUT2D eigenvalue weighted by atomic mass is 16.3. The van der Waals surface area contributed by atoms with E-state index in [9.17, 15) is 4.79 Å². The highest BCUT2D eigenvalue weighted by Crippen LogP contribution is 2.21. The molecule has 0 radical (unpaired) electrons. The second kappa shape index (κ2) is 5.89. The van der Waals surface area contributed by atoms with Gasteiger partial charge < -0.3 is 9.73 Å². The van der Waals surface area contributed by atoms with Crippen LogP contribution in [-0.4, -0.2) is 15.7 Å². The van der Waals surface area contributed by atoms with E-state index in [1.807, 2.05) is 56.4 Å². The molecule has 0 aliphatic carbocycles. The van der Waals surface area contributed by atoms with E-state index in [1.165, 1.54) is 0 Å². The number of benzene rings is 1. The summed E-state index contributed by atoms with van der Waals surface area (Å²) in [5.41, 5.74) is 2.53. The van der Waals surface area contributed by atoms with Crippen LogP contribution in [0.2, 0.25) is 0 Å². The van der Waals surface area contributed by atoms with E-state index in [-0.39, 0.29) is 5.91 Å². The van der Waals surface area contributed by atoms with Gasteiger partial charge in [-0.2, -0.15) is 5.10 Å². The maximum Gasteiger partial charge on any atom is 0.251 e. The standard InChI is InChI=1S/C17H17N3O2/c1-12-5-3-4-6-14(12)17(21)18-11-13-7-8-16(22-13)15-9-10-19-20(15)2/h3-10H,11H2,1-2H3,(H,18,21). The van der Waals surface area contributed by atoms with Gasteiger partial charge in [0.15, 0.2) is 5.76 Å². The Bertz CT molecular complexity index is 802. The molecule has 0 atom stereocenters. The summed E-state index contributed by atoms with van der Waals surface area (Å²) in [7, 11) is 1.86. The maximum atomic E-state index is 12.2. The van der Waals surface area contributed by atoms with Crippen molar-refractivity contribution < 1.29 is 9.21 Å². The van der Waals surface area contributed by atoms with Crippen LogP contribution in [0.5, 0.6) is 0 Å². The summed E-state index contributed by atoms with van der Waals surface area (Å²) in [5.74, 6) is 1.34. The molecule has 0 fully saturated rings. The number of nitrogens with one attached hydrogen (secondary N) is 1. The minimum atomic E-state index is -0.100. The Morgan fingerprint density at radius 1 is 1.23 bits per heavy atom. The lowest BCUT2D eigenvalue weighted by Gasteiger charge is -2.06. The number of hydrogen-bond donors (Lipinski definition) is 1. The fourth-order valence-electron chi connectivity index (χ4n) is 2.32. The summed E-state index contributed by atoms with van der Waals surface area (Å²) < 4.78 is 7.49. The molecular formula is C17H17N3O2. The van der Waals surface area contributed by atoms with E-state index in [2.05, 4.69) is 10.4 Å². The van der Waals surface area contributed by atoms with Crippen LogP contribution < -0.4 is 5.32 Å². The Balaban J connectivity index is 1.68. The third-order valence-electron chi connectivity index (χ3n) is 3.55. The molecule has 5 heteroatoms. The molecule has 0 bridgehead atoms. The molecule has 5 nitrogen and oxygen atoms in total. The van der Waals surface area contributed by atoms with Crippen molar-refractivity contribution in [3.8, 4) is 11.5 Å². The molecule has 0 saturated heterocycles. The molecule has 0 saturated carbocycles. The van der Waals surface area contributed by atoms with Gasteiger partial charge in [-0.15, -0.1) is 0 Å². The number of aryl methyl sites for hydroxylation is 2. The van der Waals surface area contributed by atoms with Gasteiger partial charge in [-0.25, -0.2) is 0 Å². The number of carbonyl (C=O) groups is 1. The van der Waals surface area contributed by atoms with E-state index < -0.39 is 0 Å². The van der Waals surface area contributed by atoms with Gasteiger partial charge in [0.2, 0.25) is 0 Å². The third-order valence-corrected chi connectivity index (χ3v) is 3.55. The number of carbonyl (C=O) groups excluding carboxylic acids is 1. The van der Waals surface area contributed by atoms with Crippen molar-refractivity contribution in [2.75, 3.05) is 0 Å². The highest BCUT2D eigenvalue weighted by Gasteiger charge is 2.11. The molecule has 112 valence electrons. The first-order valence-electron chi connectivity index (χ1n) is 7.06. The van der Waals surface area contributed by atoms with Crippen molar-refractivity contribution in [3.63, 3.8) is 0 Å². The zero-order chi connectivity index (χ0) is 15.5. The minimum Gasteiger partial charge on any atom is -0.458 e. The zero-order valence-electron chi connectivity index (χ0n) is 12.5. The maximum absolute atomic E-state index is 12.2. The number of rotatable bonds is 4. The smallest absolute Gasteiger partial charge is 0.251 e. The van der Waals surface area contributed by atoms with Crippen LogP contribution in [0.15, 0.2) is 53.1 Å². The zero-order valence-corrected chi connectivity index (χ0v) is 12.5. The van der Waals surface area contributed by atoms with Crippen molar-refractivity contribution in [1.29, 1.82) is 0 Å². The van der Waals surface area contributed by atoms with Gasteiger partial charge >= 0.3 is 0 Å². The van der Waals surface area contributed by atoms with Crippen molar-refractivity contribution in [3.05, 3.63) is 65.5 Å². The average molecular weight is 295 g/mol. The first-order chi connectivity index (χ1) is 10.6. The molecule has 22 heavy (non-hydrogen) atoms.